The Morgan fingerprint density at radius 2 is 2.13 bits per heavy atom. The molecule has 3 nitrogen and oxygen atoms in total. The van der Waals surface area contributed by atoms with Gasteiger partial charge in [0, 0.05) is 5.56 Å². The molecule has 76 valence electrons. The third kappa shape index (κ3) is 1.91. The molecule has 0 saturated carbocycles. The summed E-state index contributed by atoms with van der Waals surface area (Å²) in [5.41, 5.74) is 1.34. The van der Waals surface area contributed by atoms with Gasteiger partial charge in [0.05, 0.1) is 18.9 Å². The number of fused-ring (bicyclic) bond motifs is 1. The summed E-state index contributed by atoms with van der Waals surface area (Å²) in [6.45, 7) is 0. The number of benzene rings is 1. The predicted octanol–water partition coefficient (Wildman–Crippen LogP) is 2.15. The normalized spacial score (nSPS) is 13.3. The standard InChI is InChI=1S/C12H10O3/c1-14-12(13)10-6-7-15-11-5-3-2-4-9(11)8-10/h2-8H,1H3. The van der Waals surface area contributed by atoms with E-state index in [2.05, 4.69) is 4.74 Å². The molecule has 0 N–H and O–H groups in total. The number of esters is 1. The average Bonchev–Trinajstić information content (AvgIpc) is 2.49. The Kier molecular flexibility index (Phi) is 2.54. The highest BCUT2D eigenvalue weighted by Gasteiger charge is 2.10. The third-order valence-corrected chi connectivity index (χ3v) is 2.09. The van der Waals surface area contributed by atoms with Crippen LogP contribution in [0.25, 0.3) is 6.08 Å². The Morgan fingerprint density at radius 3 is 2.93 bits per heavy atom. The summed E-state index contributed by atoms with van der Waals surface area (Å²) in [4.78, 5) is 11.3. The highest BCUT2D eigenvalue weighted by molar-refractivity contribution is 5.97. The van der Waals surface area contributed by atoms with Gasteiger partial charge in [-0.2, -0.15) is 0 Å². The summed E-state index contributed by atoms with van der Waals surface area (Å²) in [7, 11) is 1.36. The van der Waals surface area contributed by atoms with Gasteiger partial charge < -0.3 is 9.47 Å². The molecule has 0 radical (unpaired) electrons. The maximum Gasteiger partial charge on any atom is 0.337 e. The van der Waals surface area contributed by atoms with Crippen LogP contribution in [-0.2, 0) is 9.53 Å². The molecule has 0 bridgehead atoms. The molecule has 0 saturated heterocycles. The molecule has 2 rings (SSSR count). The van der Waals surface area contributed by atoms with Crippen molar-refractivity contribution in [1.82, 2.24) is 0 Å². The van der Waals surface area contributed by atoms with Gasteiger partial charge in [0.15, 0.2) is 0 Å². The largest absolute Gasteiger partial charge is 0.465 e. The Hall–Kier alpha value is -2.03. The second kappa shape index (κ2) is 4.00. The predicted molar refractivity (Wildman–Crippen MR) is 56.2 cm³/mol. The molecule has 1 aromatic carbocycles. The molecule has 0 aliphatic carbocycles. The third-order valence-electron chi connectivity index (χ3n) is 2.09. The molecule has 1 aliphatic rings. The minimum Gasteiger partial charge on any atom is -0.465 e. The first-order chi connectivity index (χ1) is 7.31. The monoisotopic (exact) mass is 202 g/mol. The van der Waals surface area contributed by atoms with E-state index in [1.54, 1.807) is 12.2 Å². The maximum absolute atomic E-state index is 11.3. The highest BCUT2D eigenvalue weighted by Crippen LogP contribution is 2.24. The first-order valence-corrected chi connectivity index (χ1v) is 4.53. The van der Waals surface area contributed by atoms with Gasteiger partial charge >= 0.3 is 5.97 Å². The van der Waals surface area contributed by atoms with E-state index in [4.69, 9.17) is 4.74 Å². The number of para-hydroxylation sites is 1. The summed E-state index contributed by atoms with van der Waals surface area (Å²) in [5.74, 6) is 0.360. The number of hydrogen-bond donors (Lipinski definition) is 0. The van der Waals surface area contributed by atoms with Crippen LogP contribution < -0.4 is 4.74 Å². The highest BCUT2D eigenvalue weighted by atomic mass is 16.5. The molecule has 0 fully saturated rings. The van der Waals surface area contributed by atoms with Crippen molar-refractivity contribution in [3.63, 3.8) is 0 Å². The number of ether oxygens (including phenoxy) is 2. The first-order valence-electron chi connectivity index (χ1n) is 4.53. The van der Waals surface area contributed by atoms with E-state index in [9.17, 15) is 4.79 Å². The van der Waals surface area contributed by atoms with Gasteiger partial charge in [-0.1, -0.05) is 18.2 Å². The molecule has 0 atom stereocenters. The minimum absolute atomic E-state index is 0.369. The molecule has 0 unspecified atom stereocenters. The van der Waals surface area contributed by atoms with Gasteiger partial charge in [0.1, 0.15) is 5.75 Å². The van der Waals surface area contributed by atoms with Crippen molar-refractivity contribution in [3.8, 4) is 5.75 Å². The van der Waals surface area contributed by atoms with Gasteiger partial charge in [-0.3, -0.25) is 0 Å². The molecular weight excluding hydrogens is 192 g/mol. The maximum atomic E-state index is 11.3. The number of carbonyl (C=O) groups excluding carboxylic acids is 1. The zero-order valence-electron chi connectivity index (χ0n) is 8.27. The minimum atomic E-state index is -0.369. The molecule has 0 aromatic heterocycles. The van der Waals surface area contributed by atoms with Crippen molar-refractivity contribution < 1.29 is 14.3 Å². The van der Waals surface area contributed by atoms with E-state index in [0.29, 0.717) is 5.57 Å². The SMILES string of the molecule is COC(=O)C1=Cc2ccccc2OC=C1. The molecule has 0 spiro atoms. The first kappa shape index (κ1) is 9.52. The fourth-order valence-corrected chi connectivity index (χ4v) is 1.35. The van der Waals surface area contributed by atoms with E-state index in [-0.39, 0.29) is 5.97 Å². The second-order valence-corrected chi connectivity index (χ2v) is 3.05. The average molecular weight is 202 g/mol. The molecule has 0 amide bonds. The van der Waals surface area contributed by atoms with Crippen LogP contribution in [0.3, 0.4) is 0 Å². The quantitative estimate of drug-likeness (QED) is 0.654. The van der Waals surface area contributed by atoms with E-state index in [1.165, 1.54) is 13.4 Å². The van der Waals surface area contributed by atoms with Gasteiger partial charge in [-0.05, 0) is 18.2 Å². The van der Waals surface area contributed by atoms with Crippen LogP contribution in [0.2, 0.25) is 0 Å². The molecule has 15 heavy (non-hydrogen) atoms. The zero-order chi connectivity index (χ0) is 10.7. The zero-order valence-corrected chi connectivity index (χ0v) is 8.27. The molecule has 3 heteroatoms. The number of carbonyl (C=O) groups is 1. The topological polar surface area (TPSA) is 35.5 Å². The van der Waals surface area contributed by atoms with Crippen LogP contribution in [-0.4, -0.2) is 13.1 Å². The smallest absolute Gasteiger partial charge is 0.337 e. The van der Waals surface area contributed by atoms with Crippen LogP contribution in [0.5, 0.6) is 5.75 Å². The van der Waals surface area contributed by atoms with Crippen molar-refractivity contribution in [2.45, 2.75) is 0 Å². The lowest BCUT2D eigenvalue weighted by molar-refractivity contribution is -0.135. The molecule has 1 aromatic rings. The lowest BCUT2D eigenvalue weighted by Crippen LogP contribution is -2.01. The van der Waals surface area contributed by atoms with Crippen LogP contribution in [0.15, 0.2) is 42.2 Å². The van der Waals surface area contributed by atoms with E-state index >= 15 is 0 Å². The van der Waals surface area contributed by atoms with E-state index < -0.39 is 0 Å². The van der Waals surface area contributed by atoms with Gasteiger partial charge in [0.2, 0.25) is 0 Å². The van der Waals surface area contributed by atoms with Crippen LogP contribution in [0.1, 0.15) is 5.56 Å². The molecule has 1 aliphatic heterocycles. The number of rotatable bonds is 1. The van der Waals surface area contributed by atoms with Crippen LogP contribution in [0.4, 0.5) is 0 Å². The van der Waals surface area contributed by atoms with Crippen LogP contribution in [0, 0.1) is 0 Å². The Morgan fingerprint density at radius 1 is 1.33 bits per heavy atom. The summed E-state index contributed by atoms with van der Waals surface area (Å²) in [6, 6.07) is 7.49. The van der Waals surface area contributed by atoms with Gasteiger partial charge in [0.25, 0.3) is 0 Å². The van der Waals surface area contributed by atoms with Gasteiger partial charge in [-0.25, -0.2) is 4.79 Å². The van der Waals surface area contributed by atoms with E-state index in [1.807, 2.05) is 24.3 Å². The number of hydrogen-bond acceptors (Lipinski definition) is 3. The summed E-state index contributed by atoms with van der Waals surface area (Å²) < 4.78 is 9.98. The van der Waals surface area contributed by atoms with Crippen molar-refractivity contribution in [3.05, 3.63) is 47.7 Å². The lowest BCUT2D eigenvalue weighted by Gasteiger charge is -2.01. The number of methoxy groups -OCH3 is 1. The summed E-state index contributed by atoms with van der Waals surface area (Å²) in [5, 5.41) is 0. The summed E-state index contributed by atoms with van der Waals surface area (Å²) >= 11 is 0. The van der Waals surface area contributed by atoms with Crippen LogP contribution >= 0.6 is 0 Å². The van der Waals surface area contributed by atoms with Gasteiger partial charge in [-0.15, -0.1) is 0 Å². The lowest BCUT2D eigenvalue weighted by atomic mass is 10.1. The fourth-order valence-electron chi connectivity index (χ4n) is 1.35. The molecule has 1 heterocycles. The Balaban J connectivity index is 2.44. The van der Waals surface area contributed by atoms with Crippen molar-refractivity contribution in [2.75, 3.05) is 7.11 Å². The van der Waals surface area contributed by atoms with Crippen molar-refractivity contribution in [2.24, 2.45) is 0 Å². The van der Waals surface area contributed by atoms with E-state index in [0.717, 1.165) is 11.3 Å². The fraction of sp³-hybridized carbons (Fsp3) is 0.0833. The Labute approximate surface area is 87.6 Å². The second-order valence-electron chi connectivity index (χ2n) is 3.05. The Bertz CT molecular complexity index is 444. The van der Waals surface area contributed by atoms with Crippen molar-refractivity contribution >= 4 is 12.0 Å². The summed E-state index contributed by atoms with van der Waals surface area (Å²) in [6.07, 6.45) is 4.81. The van der Waals surface area contributed by atoms with Crippen molar-refractivity contribution in [1.29, 1.82) is 0 Å². The molecular formula is C12H10O3.